The van der Waals surface area contributed by atoms with Gasteiger partial charge in [-0.25, -0.2) is 8.42 Å². The highest BCUT2D eigenvalue weighted by Crippen LogP contribution is 2.17. The standard InChI is InChI=1S/C17H26N2O3S/c1-13(2)11-16(17(20)19-9-4-5-10-19)18-23(21,22)15-8-6-7-14(3)12-15/h6-8,12-13,16,18H,4-5,9-11H2,1-3H3/t16-/m0/s1. The number of sulfonamides is 1. The SMILES string of the molecule is Cc1cccc(S(=O)(=O)N[C@@H](CC(C)C)C(=O)N2CCCC2)c1. The molecule has 1 aliphatic rings. The van der Waals surface area contributed by atoms with Gasteiger partial charge in [-0.3, -0.25) is 4.79 Å². The molecule has 0 bridgehead atoms. The molecule has 5 nitrogen and oxygen atoms in total. The Hall–Kier alpha value is -1.40. The van der Waals surface area contributed by atoms with Crippen LogP contribution in [0.1, 0.15) is 38.7 Å². The number of carbonyl (C=O) groups is 1. The molecule has 1 atom stereocenters. The molecular formula is C17H26N2O3S. The fourth-order valence-corrected chi connectivity index (χ4v) is 4.17. The van der Waals surface area contributed by atoms with Crippen molar-refractivity contribution >= 4 is 15.9 Å². The van der Waals surface area contributed by atoms with Crippen LogP contribution < -0.4 is 4.72 Å². The second kappa shape index (κ2) is 7.45. The first-order valence-electron chi connectivity index (χ1n) is 8.17. The van der Waals surface area contributed by atoms with Crippen molar-refractivity contribution in [2.45, 2.75) is 51.0 Å². The Balaban J connectivity index is 2.20. The van der Waals surface area contributed by atoms with Gasteiger partial charge in [0, 0.05) is 13.1 Å². The molecule has 0 unspecified atom stereocenters. The zero-order valence-electron chi connectivity index (χ0n) is 14.1. The van der Waals surface area contributed by atoms with Gasteiger partial charge in [0.05, 0.1) is 4.90 Å². The fraction of sp³-hybridized carbons (Fsp3) is 0.588. The summed E-state index contributed by atoms with van der Waals surface area (Å²) < 4.78 is 27.9. The highest BCUT2D eigenvalue weighted by atomic mass is 32.2. The number of hydrogen-bond donors (Lipinski definition) is 1. The molecule has 6 heteroatoms. The average molecular weight is 338 g/mol. The Morgan fingerprint density at radius 3 is 2.48 bits per heavy atom. The Bertz CT molecular complexity index is 650. The minimum absolute atomic E-state index is 0.104. The molecule has 128 valence electrons. The normalized spacial score (nSPS) is 16.8. The number of rotatable bonds is 6. The number of nitrogens with zero attached hydrogens (tertiary/aromatic N) is 1. The summed E-state index contributed by atoms with van der Waals surface area (Å²) >= 11 is 0. The van der Waals surface area contributed by atoms with Crippen molar-refractivity contribution in [2.24, 2.45) is 5.92 Å². The van der Waals surface area contributed by atoms with E-state index < -0.39 is 16.1 Å². The Morgan fingerprint density at radius 2 is 1.91 bits per heavy atom. The Morgan fingerprint density at radius 1 is 1.26 bits per heavy atom. The molecule has 1 saturated heterocycles. The van der Waals surface area contributed by atoms with Gasteiger partial charge < -0.3 is 4.90 Å². The van der Waals surface area contributed by atoms with Crippen LogP contribution in [0.25, 0.3) is 0 Å². The molecule has 2 rings (SSSR count). The maximum atomic E-state index is 12.7. The molecule has 1 heterocycles. The van der Waals surface area contributed by atoms with Gasteiger partial charge in [0.2, 0.25) is 15.9 Å². The quantitative estimate of drug-likeness (QED) is 0.865. The highest BCUT2D eigenvalue weighted by Gasteiger charge is 2.31. The van der Waals surface area contributed by atoms with Gasteiger partial charge >= 0.3 is 0 Å². The van der Waals surface area contributed by atoms with E-state index in [1.54, 1.807) is 23.1 Å². The van der Waals surface area contributed by atoms with Crippen LogP contribution in [0, 0.1) is 12.8 Å². The third-order valence-electron chi connectivity index (χ3n) is 4.02. The van der Waals surface area contributed by atoms with E-state index in [-0.39, 0.29) is 16.7 Å². The molecule has 23 heavy (non-hydrogen) atoms. The van der Waals surface area contributed by atoms with E-state index in [9.17, 15) is 13.2 Å². The molecule has 1 fully saturated rings. The van der Waals surface area contributed by atoms with E-state index in [1.165, 1.54) is 0 Å². The van der Waals surface area contributed by atoms with Crippen LogP contribution in [0.4, 0.5) is 0 Å². The molecule has 1 aliphatic heterocycles. The summed E-state index contributed by atoms with van der Waals surface area (Å²) in [7, 11) is -3.70. The molecule has 1 aromatic carbocycles. The molecule has 1 aromatic rings. The molecule has 0 saturated carbocycles. The van der Waals surface area contributed by atoms with Gasteiger partial charge in [0.15, 0.2) is 0 Å². The summed E-state index contributed by atoms with van der Waals surface area (Å²) in [5.41, 5.74) is 0.874. The van der Waals surface area contributed by atoms with Crippen LogP contribution in [0.5, 0.6) is 0 Å². The zero-order valence-corrected chi connectivity index (χ0v) is 14.9. The number of nitrogens with one attached hydrogen (secondary N) is 1. The lowest BCUT2D eigenvalue weighted by Gasteiger charge is -2.25. The van der Waals surface area contributed by atoms with E-state index in [0.717, 1.165) is 31.5 Å². The van der Waals surface area contributed by atoms with E-state index in [0.29, 0.717) is 6.42 Å². The summed E-state index contributed by atoms with van der Waals surface area (Å²) in [6.45, 7) is 7.27. The summed E-state index contributed by atoms with van der Waals surface area (Å²) in [5.74, 6) is 0.124. The highest BCUT2D eigenvalue weighted by molar-refractivity contribution is 7.89. The van der Waals surface area contributed by atoms with Gasteiger partial charge in [0.1, 0.15) is 6.04 Å². The third-order valence-corrected chi connectivity index (χ3v) is 5.49. The number of amides is 1. The van der Waals surface area contributed by atoms with Crippen molar-refractivity contribution in [2.75, 3.05) is 13.1 Å². The number of benzene rings is 1. The van der Waals surface area contributed by atoms with Gasteiger partial charge in [-0.05, 0) is 49.8 Å². The predicted octanol–water partition coefficient (Wildman–Crippen LogP) is 2.31. The minimum atomic E-state index is -3.70. The van der Waals surface area contributed by atoms with E-state index in [4.69, 9.17) is 0 Å². The van der Waals surface area contributed by atoms with Crippen LogP contribution in [0.15, 0.2) is 29.2 Å². The summed E-state index contributed by atoms with van der Waals surface area (Å²) in [6, 6.07) is 6.04. The van der Waals surface area contributed by atoms with Crippen molar-refractivity contribution in [3.05, 3.63) is 29.8 Å². The first-order valence-corrected chi connectivity index (χ1v) is 9.65. The van der Waals surface area contributed by atoms with Crippen LogP contribution in [-0.2, 0) is 14.8 Å². The Kier molecular flexibility index (Phi) is 5.81. The smallest absolute Gasteiger partial charge is 0.241 e. The third kappa shape index (κ3) is 4.78. The first kappa shape index (κ1) is 17.9. The van der Waals surface area contributed by atoms with Gasteiger partial charge in [-0.15, -0.1) is 0 Å². The van der Waals surface area contributed by atoms with Crippen molar-refractivity contribution in [1.29, 1.82) is 0 Å². The molecular weight excluding hydrogens is 312 g/mol. The van der Waals surface area contributed by atoms with Crippen molar-refractivity contribution in [3.8, 4) is 0 Å². The summed E-state index contributed by atoms with van der Waals surface area (Å²) in [4.78, 5) is 14.6. The lowest BCUT2D eigenvalue weighted by Crippen LogP contribution is -2.48. The molecule has 0 spiro atoms. The average Bonchev–Trinajstić information content (AvgIpc) is 2.99. The number of hydrogen-bond acceptors (Lipinski definition) is 3. The van der Waals surface area contributed by atoms with Crippen LogP contribution in [0.2, 0.25) is 0 Å². The minimum Gasteiger partial charge on any atom is -0.341 e. The van der Waals surface area contributed by atoms with E-state index >= 15 is 0 Å². The molecule has 0 aliphatic carbocycles. The van der Waals surface area contributed by atoms with Crippen LogP contribution in [-0.4, -0.2) is 38.4 Å². The number of likely N-dealkylation sites (tertiary alicyclic amines) is 1. The van der Waals surface area contributed by atoms with Gasteiger partial charge in [-0.2, -0.15) is 4.72 Å². The molecule has 1 amide bonds. The molecule has 1 N–H and O–H groups in total. The van der Waals surface area contributed by atoms with Gasteiger partial charge in [0.25, 0.3) is 0 Å². The largest absolute Gasteiger partial charge is 0.341 e. The monoisotopic (exact) mass is 338 g/mol. The van der Waals surface area contributed by atoms with Crippen molar-refractivity contribution < 1.29 is 13.2 Å². The van der Waals surface area contributed by atoms with Crippen molar-refractivity contribution in [1.82, 2.24) is 9.62 Å². The molecule has 0 radical (unpaired) electrons. The molecule has 0 aromatic heterocycles. The predicted molar refractivity (Wildman–Crippen MR) is 90.6 cm³/mol. The lowest BCUT2D eigenvalue weighted by molar-refractivity contribution is -0.132. The summed E-state index contributed by atoms with van der Waals surface area (Å²) in [6.07, 6.45) is 2.48. The van der Waals surface area contributed by atoms with Crippen LogP contribution >= 0.6 is 0 Å². The number of carbonyl (C=O) groups excluding carboxylic acids is 1. The second-order valence-corrected chi connectivity index (χ2v) is 8.37. The second-order valence-electron chi connectivity index (χ2n) is 6.65. The first-order chi connectivity index (χ1) is 10.8. The Labute approximate surface area is 139 Å². The van der Waals surface area contributed by atoms with Crippen LogP contribution in [0.3, 0.4) is 0 Å². The maximum Gasteiger partial charge on any atom is 0.241 e. The van der Waals surface area contributed by atoms with Gasteiger partial charge in [-0.1, -0.05) is 26.0 Å². The van der Waals surface area contributed by atoms with Crippen molar-refractivity contribution in [3.63, 3.8) is 0 Å². The topological polar surface area (TPSA) is 66.5 Å². The fourth-order valence-electron chi connectivity index (χ4n) is 2.87. The maximum absolute atomic E-state index is 12.7. The van der Waals surface area contributed by atoms with E-state index in [2.05, 4.69) is 4.72 Å². The zero-order chi connectivity index (χ0) is 17.0. The van der Waals surface area contributed by atoms with E-state index in [1.807, 2.05) is 26.8 Å². The lowest BCUT2D eigenvalue weighted by atomic mass is 10.0. The summed E-state index contributed by atoms with van der Waals surface area (Å²) in [5, 5.41) is 0. The number of aryl methyl sites for hydroxylation is 1.